The van der Waals surface area contributed by atoms with Crippen LogP contribution in [-0.4, -0.2) is 15.7 Å². The minimum absolute atomic E-state index is 0.254. The van der Waals surface area contributed by atoms with Crippen LogP contribution in [0.25, 0.3) is 11.3 Å². The van der Waals surface area contributed by atoms with Crippen LogP contribution in [0.5, 0.6) is 11.5 Å². The van der Waals surface area contributed by atoms with E-state index in [4.69, 9.17) is 4.74 Å². The van der Waals surface area contributed by atoms with Crippen molar-refractivity contribution in [2.24, 2.45) is 0 Å². The standard InChI is InChI=1S/C24H18FN3O3/c25-18-8-6-17(7-9-18)22-14-15-24(30)28(27-22)16-23(29)26-19-10-12-21(13-11-19)31-20-4-2-1-3-5-20/h1-15H,16H2,(H,26,29). The number of carbonyl (C=O) groups excluding carboxylic acids is 1. The number of hydrogen-bond donors (Lipinski definition) is 1. The first kappa shape index (κ1) is 20.0. The molecule has 1 N–H and O–H groups in total. The third-order valence-corrected chi connectivity index (χ3v) is 4.42. The van der Waals surface area contributed by atoms with Crippen LogP contribution in [0.3, 0.4) is 0 Å². The fraction of sp³-hybridized carbons (Fsp3) is 0.0417. The van der Waals surface area contributed by atoms with Crippen molar-refractivity contribution in [3.63, 3.8) is 0 Å². The molecule has 0 atom stereocenters. The van der Waals surface area contributed by atoms with Crippen molar-refractivity contribution in [3.8, 4) is 22.8 Å². The average Bonchev–Trinajstić information content (AvgIpc) is 2.78. The van der Waals surface area contributed by atoms with Crippen molar-refractivity contribution in [3.05, 3.63) is 107 Å². The molecule has 0 unspecified atom stereocenters. The molecule has 3 aromatic carbocycles. The van der Waals surface area contributed by atoms with Crippen LogP contribution >= 0.6 is 0 Å². The quantitative estimate of drug-likeness (QED) is 0.504. The molecule has 4 rings (SSSR count). The maximum Gasteiger partial charge on any atom is 0.267 e. The second-order valence-electron chi connectivity index (χ2n) is 6.71. The van der Waals surface area contributed by atoms with Crippen molar-refractivity contribution in [2.75, 3.05) is 5.32 Å². The Morgan fingerprint density at radius 3 is 2.26 bits per heavy atom. The zero-order valence-corrected chi connectivity index (χ0v) is 16.4. The van der Waals surface area contributed by atoms with Crippen LogP contribution in [-0.2, 0) is 11.3 Å². The number of rotatable bonds is 6. The summed E-state index contributed by atoms with van der Waals surface area (Å²) in [5.74, 6) is 0.582. The summed E-state index contributed by atoms with van der Waals surface area (Å²) in [5.41, 5.74) is 1.26. The largest absolute Gasteiger partial charge is 0.457 e. The topological polar surface area (TPSA) is 73.2 Å². The van der Waals surface area contributed by atoms with Crippen molar-refractivity contribution >= 4 is 11.6 Å². The van der Waals surface area contributed by atoms with Gasteiger partial charge in [-0.3, -0.25) is 9.59 Å². The summed E-state index contributed by atoms with van der Waals surface area (Å²) in [6, 6.07) is 24.9. The SMILES string of the molecule is O=C(Cn1nc(-c2ccc(F)cc2)ccc1=O)Nc1ccc(Oc2ccccc2)cc1. The predicted molar refractivity (Wildman–Crippen MR) is 115 cm³/mol. The lowest BCUT2D eigenvalue weighted by molar-refractivity contribution is -0.117. The summed E-state index contributed by atoms with van der Waals surface area (Å²) in [7, 11) is 0. The Morgan fingerprint density at radius 1 is 0.871 bits per heavy atom. The highest BCUT2D eigenvalue weighted by Crippen LogP contribution is 2.22. The maximum atomic E-state index is 13.1. The maximum absolute atomic E-state index is 13.1. The molecule has 1 amide bonds. The Bertz CT molecular complexity index is 1240. The Morgan fingerprint density at radius 2 is 1.55 bits per heavy atom. The van der Waals surface area contributed by atoms with Crippen LogP contribution < -0.4 is 15.6 Å². The second kappa shape index (κ2) is 9.04. The Labute approximate surface area is 177 Å². The summed E-state index contributed by atoms with van der Waals surface area (Å²) in [6.45, 7) is -0.254. The van der Waals surface area contributed by atoms with Gasteiger partial charge in [-0.15, -0.1) is 0 Å². The van der Waals surface area contributed by atoms with Gasteiger partial charge in [0.05, 0.1) is 5.69 Å². The fourth-order valence-corrected chi connectivity index (χ4v) is 2.90. The van der Waals surface area contributed by atoms with Gasteiger partial charge in [-0.2, -0.15) is 5.10 Å². The van der Waals surface area contributed by atoms with Crippen molar-refractivity contribution in [2.45, 2.75) is 6.54 Å². The molecule has 31 heavy (non-hydrogen) atoms. The van der Waals surface area contributed by atoms with Gasteiger partial charge in [-0.25, -0.2) is 9.07 Å². The molecule has 6 nitrogen and oxygen atoms in total. The van der Waals surface area contributed by atoms with Crippen molar-refractivity contribution in [1.82, 2.24) is 9.78 Å². The molecule has 1 aromatic heterocycles. The van der Waals surface area contributed by atoms with E-state index < -0.39 is 11.5 Å². The first-order valence-corrected chi connectivity index (χ1v) is 9.54. The molecule has 0 fully saturated rings. The minimum Gasteiger partial charge on any atom is -0.457 e. The Hall–Kier alpha value is -4.26. The number of ether oxygens (including phenoxy) is 1. The molecule has 0 aliphatic carbocycles. The number of nitrogens with zero attached hydrogens (tertiary/aromatic N) is 2. The second-order valence-corrected chi connectivity index (χ2v) is 6.71. The fourth-order valence-electron chi connectivity index (χ4n) is 2.90. The number of nitrogens with one attached hydrogen (secondary N) is 1. The molecule has 4 aromatic rings. The van der Waals surface area contributed by atoms with E-state index in [0.29, 0.717) is 28.4 Å². The molecule has 0 aliphatic heterocycles. The summed E-state index contributed by atoms with van der Waals surface area (Å²) in [4.78, 5) is 24.5. The van der Waals surface area contributed by atoms with E-state index in [-0.39, 0.29) is 12.4 Å². The van der Waals surface area contributed by atoms with Gasteiger partial charge in [0, 0.05) is 17.3 Å². The highest BCUT2D eigenvalue weighted by Gasteiger charge is 2.09. The first-order chi connectivity index (χ1) is 15.1. The lowest BCUT2D eigenvalue weighted by atomic mass is 10.1. The van der Waals surface area contributed by atoms with Crippen LogP contribution in [0.2, 0.25) is 0 Å². The Balaban J connectivity index is 1.42. The lowest BCUT2D eigenvalue weighted by Crippen LogP contribution is -2.29. The number of anilines is 1. The van der Waals surface area contributed by atoms with Crippen LogP contribution in [0.15, 0.2) is 95.8 Å². The minimum atomic E-state index is -0.410. The van der Waals surface area contributed by atoms with E-state index in [1.165, 1.54) is 24.3 Å². The Kier molecular flexibility index (Phi) is 5.84. The van der Waals surface area contributed by atoms with Crippen molar-refractivity contribution in [1.29, 1.82) is 0 Å². The van der Waals surface area contributed by atoms with Gasteiger partial charge in [-0.05, 0) is 66.7 Å². The third-order valence-electron chi connectivity index (χ3n) is 4.42. The predicted octanol–water partition coefficient (Wildman–Crippen LogP) is 4.48. The third kappa shape index (κ3) is 5.22. The molecule has 0 aliphatic rings. The van der Waals surface area contributed by atoms with Gasteiger partial charge < -0.3 is 10.1 Å². The number of amides is 1. The van der Waals surface area contributed by atoms with E-state index in [2.05, 4.69) is 10.4 Å². The zero-order chi connectivity index (χ0) is 21.6. The van der Waals surface area contributed by atoms with E-state index >= 15 is 0 Å². The molecule has 154 valence electrons. The number of carbonyl (C=O) groups is 1. The van der Waals surface area contributed by atoms with Crippen LogP contribution in [0, 0.1) is 5.82 Å². The summed E-state index contributed by atoms with van der Waals surface area (Å²) < 4.78 is 19.9. The smallest absolute Gasteiger partial charge is 0.267 e. The van der Waals surface area contributed by atoms with E-state index in [1.54, 1.807) is 36.4 Å². The van der Waals surface area contributed by atoms with E-state index in [0.717, 1.165) is 4.68 Å². The number of hydrogen-bond acceptors (Lipinski definition) is 4. The van der Waals surface area contributed by atoms with Gasteiger partial charge in [0.2, 0.25) is 5.91 Å². The van der Waals surface area contributed by atoms with Gasteiger partial charge in [0.25, 0.3) is 5.56 Å². The summed E-state index contributed by atoms with van der Waals surface area (Å²) in [5, 5.41) is 6.95. The molecule has 7 heteroatoms. The van der Waals surface area contributed by atoms with Crippen LogP contribution in [0.4, 0.5) is 10.1 Å². The normalized spacial score (nSPS) is 10.5. The number of aromatic nitrogens is 2. The first-order valence-electron chi connectivity index (χ1n) is 9.54. The lowest BCUT2D eigenvalue weighted by Gasteiger charge is -2.09. The summed E-state index contributed by atoms with van der Waals surface area (Å²) >= 11 is 0. The molecule has 0 radical (unpaired) electrons. The van der Waals surface area contributed by atoms with Gasteiger partial charge in [0.1, 0.15) is 23.9 Å². The molecule has 0 saturated carbocycles. The van der Waals surface area contributed by atoms with E-state index in [1.807, 2.05) is 30.3 Å². The number of para-hydroxylation sites is 1. The zero-order valence-electron chi connectivity index (χ0n) is 16.4. The van der Waals surface area contributed by atoms with Gasteiger partial charge in [0.15, 0.2) is 0 Å². The summed E-state index contributed by atoms with van der Waals surface area (Å²) in [6.07, 6.45) is 0. The number of benzene rings is 3. The average molecular weight is 415 g/mol. The van der Waals surface area contributed by atoms with E-state index in [9.17, 15) is 14.0 Å². The highest BCUT2D eigenvalue weighted by atomic mass is 19.1. The molecule has 1 heterocycles. The molecule has 0 bridgehead atoms. The molecular formula is C24H18FN3O3. The van der Waals surface area contributed by atoms with Crippen molar-refractivity contribution < 1.29 is 13.9 Å². The highest BCUT2D eigenvalue weighted by molar-refractivity contribution is 5.90. The van der Waals surface area contributed by atoms with Crippen LogP contribution in [0.1, 0.15) is 0 Å². The van der Waals surface area contributed by atoms with Gasteiger partial charge >= 0.3 is 0 Å². The molecular weight excluding hydrogens is 397 g/mol. The monoisotopic (exact) mass is 415 g/mol. The molecule has 0 saturated heterocycles. The molecule has 0 spiro atoms. The number of halogens is 1. The van der Waals surface area contributed by atoms with Gasteiger partial charge in [-0.1, -0.05) is 18.2 Å².